The van der Waals surface area contributed by atoms with E-state index in [-0.39, 0.29) is 0 Å². The van der Waals surface area contributed by atoms with Gasteiger partial charge in [-0.25, -0.2) is 0 Å². The average Bonchev–Trinajstić information content (AvgIpc) is 2.53. The molecule has 0 spiro atoms. The lowest BCUT2D eigenvalue weighted by Crippen LogP contribution is -2.52. The molecule has 5 nitrogen and oxygen atoms in total. The van der Waals surface area contributed by atoms with E-state index < -0.39 is 0 Å². The Balaban J connectivity index is 1.64. The predicted octanol–water partition coefficient (Wildman–Crippen LogP) is 0.955. The molecule has 0 aromatic carbocycles. The molecule has 0 unspecified atom stereocenters. The maximum absolute atomic E-state index is 12.4. The van der Waals surface area contributed by atoms with Gasteiger partial charge in [-0.3, -0.25) is 14.6 Å². The Labute approximate surface area is 136 Å². The van der Waals surface area contributed by atoms with Crippen LogP contribution < -0.4 is 0 Å². The van der Waals surface area contributed by atoms with Gasteiger partial charge in [-0.2, -0.15) is 0 Å². The van der Waals surface area contributed by atoms with Crippen molar-refractivity contribution in [2.45, 2.75) is 46.2 Å². The second-order valence-electron chi connectivity index (χ2n) is 7.23. The first-order valence-electron chi connectivity index (χ1n) is 8.95. The SMILES string of the molecule is CC(C)N1CCN(CCC(=O)N2CCN(C(C)C)CC2)CC1. The molecular formula is C17H34N4O. The number of hydrogen-bond acceptors (Lipinski definition) is 4. The second kappa shape index (κ2) is 8.27. The largest absolute Gasteiger partial charge is 0.340 e. The molecule has 2 aliphatic heterocycles. The van der Waals surface area contributed by atoms with Gasteiger partial charge < -0.3 is 9.80 Å². The molecule has 5 heteroatoms. The molecule has 0 N–H and O–H groups in total. The molecule has 1 amide bonds. The van der Waals surface area contributed by atoms with Crippen LogP contribution in [-0.2, 0) is 4.79 Å². The zero-order valence-electron chi connectivity index (χ0n) is 14.9. The minimum absolute atomic E-state index is 0.342. The van der Waals surface area contributed by atoms with Gasteiger partial charge in [0.2, 0.25) is 5.91 Å². The zero-order chi connectivity index (χ0) is 16.1. The van der Waals surface area contributed by atoms with Crippen LogP contribution in [0.1, 0.15) is 34.1 Å². The Bertz CT molecular complexity index is 343. The number of piperazine rings is 2. The molecule has 0 bridgehead atoms. The van der Waals surface area contributed by atoms with Crippen molar-refractivity contribution < 1.29 is 4.79 Å². The molecule has 2 rings (SSSR count). The first-order chi connectivity index (χ1) is 10.5. The molecule has 22 heavy (non-hydrogen) atoms. The summed E-state index contributed by atoms with van der Waals surface area (Å²) in [5, 5.41) is 0. The molecule has 0 aromatic heterocycles. The van der Waals surface area contributed by atoms with Crippen LogP contribution in [0, 0.1) is 0 Å². The Morgan fingerprint density at radius 3 is 1.68 bits per heavy atom. The smallest absolute Gasteiger partial charge is 0.223 e. The fourth-order valence-electron chi connectivity index (χ4n) is 3.40. The summed E-state index contributed by atoms with van der Waals surface area (Å²) < 4.78 is 0. The summed E-state index contributed by atoms with van der Waals surface area (Å²) in [6.45, 7) is 18.2. The summed E-state index contributed by atoms with van der Waals surface area (Å²) in [7, 11) is 0. The van der Waals surface area contributed by atoms with E-state index in [1.54, 1.807) is 0 Å². The van der Waals surface area contributed by atoms with Crippen molar-refractivity contribution in [1.82, 2.24) is 19.6 Å². The number of nitrogens with zero attached hydrogens (tertiary/aromatic N) is 4. The maximum atomic E-state index is 12.4. The molecule has 0 radical (unpaired) electrons. The van der Waals surface area contributed by atoms with E-state index in [0.29, 0.717) is 24.4 Å². The molecular weight excluding hydrogens is 276 g/mol. The van der Waals surface area contributed by atoms with Crippen LogP contribution in [0.5, 0.6) is 0 Å². The van der Waals surface area contributed by atoms with Gasteiger partial charge in [0.15, 0.2) is 0 Å². The predicted molar refractivity (Wildman–Crippen MR) is 91.1 cm³/mol. The highest BCUT2D eigenvalue weighted by atomic mass is 16.2. The van der Waals surface area contributed by atoms with Crippen molar-refractivity contribution >= 4 is 5.91 Å². The number of amides is 1. The summed E-state index contributed by atoms with van der Waals surface area (Å²) in [6.07, 6.45) is 0.684. The van der Waals surface area contributed by atoms with Crippen molar-refractivity contribution in [3.05, 3.63) is 0 Å². The first kappa shape index (κ1) is 17.7. The van der Waals surface area contributed by atoms with Gasteiger partial charge in [-0.1, -0.05) is 0 Å². The van der Waals surface area contributed by atoms with Crippen LogP contribution in [0.4, 0.5) is 0 Å². The highest BCUT2D eigenvalue weighted by Gasteiger charge is 2.23. The van der Waals surface area contributed by atoms with Crippen LogP contribution in [0.2, 0.25) is 0 Å². The molecule has 2 heterocycles. The minimum Gasteiger partial charge on any atom is -0.340 e. The van der Waals surface area contributed by atoms with Gasteiger partial charge in [-0.15, -0.1) is 0 Å². The standard InChI is InChI=1S/C17H34N4O/c1-15(2)19-9-7-18(8-10-19)6-5-17(22)21-13-11-20(12-14-21)16(3)4/h15-16H,5-14H2,1-4H3. The van der Waals surface area contributed by atoms with Gasteiger partial charge in [0.25, 0.3) is 0 Å². The third kappa shape index (κ3) is 4.93. The van der Waals surface area contributed by atoms with Gasteiger partial charge in [0.05, 0.1) is 0 Å². The topological polar surface area (TPSA) is 30.0 Å². The second-order valence-corrected chi connectivity index (χ2v) is 7.23. The Morgan fingerprint density at radius 2 is 1.23 bits per heavy atom. The number of rotatable bonds is 5. The summed E-state index contributed by atoms with van der Waals surface area (Å²) in [5.74, 6) is 0.342. The molecule has 2 saturated heterocycles. The highest BCUT2D eigenvalue weighted by molar-refractivity contribution is 5.76. The summed E-state index contributed by atoms with van der Waals surface area (Å²) in [4.78, 5) is 21.8. The Hall–Kier alpha value is -0.650. The lowest BCUT2D eigenvalue weighted by molar-refractivity contribution is -0.133. The van der Waals surface area contributed by atoms with Crippen LogP contribution >= 0.6 is 0 Å². The fourth-order valence-corrected chi connectivity index (χ4v) is 3.40. The van der Waals surface area contributed by atoms with Crippen molar-refractivity contribution in [2.24, 2.45) is 0 Å². The number of carbonyl (C=O) groups is 1. The average molecular weight is 310 g/mol. The Morgan fingerprint density at radius 1 is 0.773 bits per heavy atom. The van der Waals surface area contributed by atoms with Crippen molar-refractivity contribution in [2.75, 3.05) is 58.9 Å². The van der Waals surface area contributed by atoms with Crippen LogP contribution in [0.3, 0.4) is 0 Å². The fraction of sp³-hybridized carbons (Fsp3) is 0.941. The van der Waals surface area contributed by atoms with E-state index in [0.717, 1.165) is 58.9 Å². The first-order valence-corrected chi connectivity index (χ1v) is 8.95. The number of hydrogen-bond donors (Lipinski definition) is 0. The van der Waals surface area contributed by atoms with Crippen LogP contribution in [-0.4, -0.2) is 96.5 Å². The third-order valence-electron chi connectivity index (χ3n) is 5.18. The molecule has 2 aliphatic rings. The van der Waals surface area contributed by atoms with Gasteiger partial charge >= 0.3 is 0 Å². The van der Waals surface area contributed by atoms with Crippen LogP contribution in [0.15, 0.2) is 0 Å². The molecule has 0 aliphatic carbocycles. The molecule has 2 fully saturated rings. The van der Waals surface area contributed by atoms with E-state index >= 15 is 0 Å². The highest BCUT2D eigenvalue weighted by Crippen LogP contribution is 2.09. The normalized spacial score (nSPS) is 22.7. The number of carbonyl (C=O) groups excluding carboxylic acids is 1. The van der Waals surface area contributed by atoms with E-state index in [1.807, 2.05) is 0 Å². The van der Waals surface area contributed by atoms with Crippen molar-refractivity contribution in [1.29, 1.82) is 0 Å². The van der Waals surface area contributed by atoms with E-state index in [1.165, 1.54) is 0 Å². The molecule has 128 valence electrons. The maximum Gasteiger partial charge on any atom is 0.223 e. The zero-order valence-corrected chi connectivity index (χ0v) is 14.9. The van der Waals surface area contributed by atoms with E-state index in [2.05, 4.69) is 47.3 Å². The molecule has 0 aromatic rings. The lowest BCUT2D eigenvalue weighted by Gasteiger charge is -2.38. The van der Waals surface area contributed by atoms with Gasteiger partial charge in [0, 0.05) is 77.4 Å². The molecule has 0 atom stereocenters. The monoisotopic (exact) mass is 310 g/mol. The third-order valence-corrected chi connectivity index (χ3v) is 5.18. The summed E-state index contributed by atoms with van der Waals surface area (Å²) in [5.41, 5.74) is 0. The minimum atomic E-state index is 0.342. The lowest BCUT2D eigenvalue weighted by atomic mass is 10.2. The quantitative estimate of drug-likeness (QED) is 0.756. The van der Waals surface area contributed by atoms with Gasteiger partial charge in [0.1, 0.15) is 0 Å². The van der Waals surface area contributed by atoms with Crippen molar-refractivity contribution in [3.63, 3.8) is 0 Å². The van der Waals surface area contributed by atoms with Crippen molar-refractivity contribution in [3.8, 4) is 0 Å². The van der Waals surface area contributed by atoms with Crippen LogP contribution in [0.25, 0.3) is 0 Å². The van der Waals surface area contributed by atoms with E-state index in [9.17, 15) is 4.79 Å². The van der Waals surface area contributed by atoms with Gasteiger partial charge in [-0.05, 0) is 27.7 Å². The summed E-state index contributed by atoms with van der Waals surface area (Å²) in [6, 6.07) is 1.23. The Kier molecular flexibility index (Phi) is 6.66. The summed E-state index contributed by atoms with van der Waals surface area (Å²) >= 11 is 0. The van der Waals surface area contributed by atoms with E-state index in [4.69, 9.17) is 0 Å². The molecule has 0 saturated carbocycles.